The molecule has 2 aromatic rings. The van der Waals surface area contributed by atoms with Crippen molar-refractivity contribution in [1.29, 1.82) is 0 Å². The van der Waals surface area contributed by atoms with E-state index in [1.807, 2.05) is 30.3 Å². The standard InChI is InChI=1S/C24H32N2O3S/c27-22(19-6-2-1-3-7-19)17-25-14-12-18(13-15-25)16-26-21-10-4-8-20-9-5-11-23(24(20)21)30(26,28)29/h4-5,8-11,18-19,22,27H,1-3,6-7,12-17H2. The lowest BCUT2D eigenvalue weighted by Gasteiger charge is -2.36. The minimum absolute atomic E-state index is 0.215. The van der Waals surface area contributed by atoms with E-state index in [1.54, 1.807) is 10.4 Å². The molecule has 6 heteroatoms. The van der Waals surface area contributed by atoms with Gasteiger partial charge in [-0.15, -0.1) is 0 Å². The number of benzene rings is 2. The molecule has 1 N–H and O–H groups in total. The Morgan fingerprint density at radius 3 is 2.40 bits per heavy atom. The highest BCUT2D eigenvalue weighted by Gasteiger charge is 2.37. The van der Waals surface area contributed by atoms with Gasteiger partial charge in [0, 0.05) is 18.5 Å². The minimum Gasteiger partial charge on any atom is -0.392 e. The first-order chi connectivity index (χ1) is 14.5. The molecule has 2 aliphatic heterocycles. The second-order valence-electron chi connectivity index (χ2n) is 9.38. The molecular formula is C24H32N2O3S. The molecule has 162 valence electrons. The Hall–Kier alpha value is -1.63. The van der Waals surface area contributed by atoms with Gasteiger partial charge in [0.2, 0.25) is 0 Å². The third-order valence-electron chi connectivity index (χ3n) is 7.45. The molecule has 0 bridgehead atoms. The van der Waals surface area contributed by atoms with Crippen molar-refractivity contribution in [2.45, 2.75) is 55.9 Å². The van der Waals surface area contributed by atoms with Crippen LogP contribution < -0.4 is 4.31 Å². The molecule has 1 saturated heterocycles. The van der Waals surface area contributed by atoms with Gasteiger partial charge in [-0.1, -0.05) is 43.5 Å². The molecule has 0 aromatic heterocycles. The maximum absolute atomic E-state index is 13.2. The van der Waals surface area contributed by atoms with Crippen LogP contribution in [-0.2, 0) is 10.0 Å². The van der Waals surface area contributed by atoms with Gasteiger partial charge in [-0.2, -0.15) is 0 Å². The Morgan fingerprint density at radius 2 is 1.67 bits per heavy atom. The molecule has 0 amide bonds. The van der Waals surface area contributed by atoms with Gasteiger partial charge in [-0.25, -0.2) is 8.42 Å². The second kappa shape index (κ2) is 8.13. The summed E-state index contributed by atoms with van der Waals surface area (Å²) in [4.78, 5) is 2.83. The number of nitrogens with zero attached hydrogens (tertiary/aromatic N) is 2. The molecule has 5 nitrogen and oxygen atoms in total. The van der Waals surface area contributed by atoms with E-state index in [-0.39, 0.29) is 6.10 Å². The van der Waals surface area contributed by atoms with Crippen LogP contribution in [0.2, 0.25) is 0 Å². The fourth-order valence-corrected chi connectivity index (χ4v) is 7.46. The SMILES string of the molecule is O=S1(=O)c2cccc3cccc(c23)N1CC1CCN(CC(O)C2CCCCC2)CC1. The molecule has 2 fully saturated rings. The van der Waals surface area contributed by atoms with E-state index in [0.29, 0.717) is 23.3 Å². The molecule has 0 radical (unpaired) electrons. The van der Waals surface area contributed by atoms with Gasteiger partial charge in [-0.05, 0) is 68.1 Å². The number of likely N-dealkylation sites (tertiary alicyclic amines) is 1. The normalized spacial score (nSPS) is 23.8. The molecule has 2 aromatic carbocycles. The number of hydrogen-bond acceptors (Lipinski definition) is 4. The third kappa shape index (κ3) is 3.63. The maximum atomic E-state index is 13.2. The Morgan fingerprint density at radius 1 is 0.967 bits per heavy atom. The van der Waals surface area contributed by atoms with Gasteiger partial charge in [0.25, 0.3) is 10.0 Å². The number of rotatable bonds is 5. The second-order valence-corrected chi connectivity index (χ2v) is 11.2. The van der Waals surface area contributed by atoms with Crippen LogP contribution in [0.1, 0.15) is 44.9 Å². The Kier molecular flexibility index (Phi) is 5.50. The molecule has 3 aliphatic rings. The van der Waals surface area contributed by atoms with E-state index >= 15 is 0 Å². The number of β-amino-alcohol motifs (C(OH)–C–C–N with tert-alkyl or cyclic N) is 1. The number of aliphatic hydroxyl groups excluding tert-OH is 1. The largest absolute Gasteiger partial charge is 0.392 e. The van der Waals surface area contributed by atoms with E-state index in [9.17, 15) is 13.5 Å². The number of piperidine rings is 1. The summed E-state index contributed by atoms with van der Waals surface area (Å²) in [6.07, 6.45) is 7.89. The Bertz CT molecular complexity index is 1000. The highest BCUT2D eigenvalue weighted by atomic mass is 32.2. The van der Waals surface area contributed by atoms with E-state index in [1.165, 1.54) is 19.3 Å². The summed E-state index contributed by atoms with van der Waals surface area (Å²) < 4.78 is 28.1. The fourth-order valence-electron chi connectivity index (χ4n) is 5.67. The van der Waals surface area contributed by atoms with Crippen LogP contribution in [0.15, 0.2) is 41.3 Å². The Labute approximate surface area is 179 Å². The number of hydrogen-bond donors (Lipinski definition) is 1. The molecule has 5 rings (SSSR count). The minimum atomic E-state index is -3.47. The maximum Gasteiger partial charge on any atom is 0.265 e. The van der Waals surface area contributed by atoms with Crippen LogP contribution in [0.4, 0.5) is 5.69 Å². The highest BCUT2D eigenvalue weighted by Crippen LogP contribution is 2.42. The highest BCUT2D eigenvalue weighted by molar-refractivity contribution is 7.93. The van der Waals surface area contributed by atoms with Gasteiger partial charge < -0.3 is 10.0 Å². The fraction of sp³-hybridized carbons (Fsp3) is 0.583. The molecule has 1 unspecified atom stereocenters. The topological polar surface area (TPSA) is 60.9 Å². The van der Waals surface area contributed by atoms with Crippen LogP contribution in [0, 0.1) is 11.8 Å². The van der Waals surface area contributed by atoms with Gasteiger partial charge >= 0.3 is 0 Å². The summed E-state index contributed by atoms with van der Waals surface area (Å²) in [5.41, 5.74) is 0.832. The summed E-state index contributed by atoms with van der Waals surface area (Å²) in [6, 6.07) is 11.4. The van der Waals surface area contributed by atoms with Gasteiger partial charge in [0.15, 0.2) is 0 Å². The van der Waals surface area contributed by atoms with Crippen molar-refractivity contribution in [3.8, 4) is 0 Å². The van der Waals surface area contributed by atoms with E-state index in [0.717, 1.165) is 61.8 Å². The molecule has 2 heterocycles. The zero-order valence-corrected chi connectivity index (χ0v) is 18.4. The van der Waals surface area contributed by atoms with Crippen molar-refractivity contribution in [2.24, 2.45) is 11.8 Å². The predicted octanol–water partition coefficient (Wildman–Crippen LogP) is 4.00. The number of anilines is 1. The van der Waals surface area contributed by atoms with Crippen molar-refractivity contribution in [2.75, 3.05) is 30.5 Å². The van der Waals surface area contributed by atoms with Crippen LogP contribution in [0.3, 0.4) is 0 Å². The monoisotopic (exact) mass is 428 g/mol. The van der Waals surface area contributed by atoms with Gasteiger partial charge in [-0.3, -0.25) is 4.31 Å². The van der Waals surface area contributed by atoms with Crippen molar-refractivity contribution in [1.82, 2.24) is 4.90 Å². The first kappa shape index (κ1) is 20.3. The van der Waals surface area contributed by atoms with Crippen molar-refractivity contribution in [3.63, 3.8) is 0 Å². The van der Waals surface area contributed by atoms with E-state index < -0.39 is 10.0 Å². The van der Waals surface area contributed by atoms with E-state index in [4.69, 9.17) is 0 Å². The lowest BCUT2D eigenvalue weighted by molar-refractivity contribution is 0.0370. The molecule has 1 saturated carbocycles. The summed E-state index contributed by atoms with van der Waals surface area (Å²) in [7, 11) is -3.47. The smallest absolute Gasteiger partial charge is 0.265 e. The summed E-state index contributed by atoms with van der Waals surface area (Å²) in [5, 5.41) is 12.5. The quantitative estimate of drug-likeness (QED) is 0.782. The summed E-state index contributed by atoms with van der Waals surface area (Å²) in [6.45, 7) is 3.21. The zero-order chi connectivity index (χ0) is 20.7. The lowest BCUT2D eigenvalue weighted by atomic mass is 9.85. The number of aliphatic hydroxyl groups is 1. The summed E-state index contributed by atoms with van der Waals surface area (Å²) in [5.74, 6) is 0.817. The average Bonchev–Trinajstić information content (AvgIpc) is 2.99. The van der Waals surface area contributed by atoms with Gasteiger partial charge in [0.05, 0.1) is 16.7 Å². The molecule has 0 spiro atoms. The van der Waals surface area contributed by atoms with Crippen molar-refractivity contribution in [3.05, 3.63) is 36.4 Å². The first-order valence-corrected chi connectivity index (χ1v) is 12.9. The van der Waals surface area contributed by atoms with Crippen LogP contribution in [0.5, 0.6) is 0 Å². The first-order valence-electron chi connectivity index (χ1n) is 11.5. The summed E-state index contributed by atoms with van der Waals surface area (Å²) >= 11 is 0. The van der Waals surface area contributed by atoms with Crippen molar-refractivity contribution < 1.29 is 13.5 Å². The zero-order valence-electron chi connectivity index (χ0n) is 17.5. The Balaban J connectivity index is 1.23. The van der Waals surface area contributed by atoms with Crippen LogP contribution in [-0.4, -0.2) is 50.7 Å². The van der Waals surface area contributed by atoms with Gasteiger partial charge in [0.1, 0.15) is 0 Å². The van der Waals surface area contributed by atoms with Crippen LogP contribution >= 0.6 is 0 Å². The third-order valence-corrected chi connectivity index (χ3v) is 9.27. The molecule has 1 aliphatic carbocycles. The van der Waals surface area contributed by atoms with Crippen LogP contribution in [0.25, 0.3) is 10.8 Å². The molecular weight excluding hydrogens is 396 g/mol. The lowest BCUT2D eigenvalue weighted by Crippen LogP contribution is -2.44. The molecule has 1 atom stereocenters. The predicted molar refractivity (Wildman–Crippen MR) is 120 cm³/mol. The van der Waals surface area contributed by atoms with E-state index in [2.05, 4.69) is 4.90 Å². The van der Waals surface area contributed by atoms with Crippen molar-refractivity contribution >= 4 is 26.5 Å². The molecule has 30 heavy (non-hydrogen) atoms. The average molecular weight is 429 g/mol. The number of sulfonamides is 1.